The summed E-state index contributed by atoms with van der Waals surface area (Å²) in [6, 6.07) is -0.0874. The fourth-order valence-corrected chi connectivity index (χ4v) is 2.89. The van der Waals surface area contributed by atoms with Crippen LogP contribution in [-0.2, 0) is 17.7 Å². The summed E-state index contributed by atoms with van der Waals surface area (Å²) >= 11 is 0. The first-order valence-corrected chi connectivity index (χ1v) is 7.74. The summed E-state index contributed by atoms with van der Waals surface area (Å²) in [4.78, 5) is 27.3. The molecule has 3 rings (SSSR count). The van der Waals surface area contributed by atoms with Crippen LogP contribution in [0.3, 0.4) is 0 Å². The van der Waals surface area contributed by atoms with E-state index in [9.17, 15) is 4.79 Å². The van der Waals surface area contributed by atoms with Crippen molar-refractivity contribution in [2.45, 2.75) is 32.9 Å². The highest BCUT2D eigenvalue weighted by Crippen LogP contribution is 2.26. The first-order chi connectivity index (χ1) is 11.1. The van der Waals surface area contributed by atoms with Gasteiger partial charge in [0.1, 0.15) is 11.5 Å². The molecule has 0 unspecified atom stereocenters. The molecule has 7 nitrogen and oxygen atoms in total. The summed E-state index contributed by atoms with van der Waals surface area (Å²) in [5.41, 5.74) is 2.32. The molecule has 1 aliphatic heterocycles. The van der Waals surface area contributed by atoms with Crippen LogP contribution in [0.5, 0.6) is 0 Å². The van der Waals surface area contributed by atoms with Gasteiger partial charge in [-0.05, 0) is 13.8 Å². The monoisotopic (exact) mass is 315 g/mol. The molecular formula is C16H21N5O2. The summed E-state index contributed by atoms with van der Waals surface area (Å²) < 4.78 is 7.33. The third-order valence-electron chi connectivity index (χ3n) is 4.20. The average molecular weight is 315 g/mol. The lowest BCUT2D eigenvalue weighted by molar-refractivity contribution is 0.0629. The number of imidazole rings is 1. The standard InChI is InChI=1S/C16H21N5O2/c1-11-8-18-14(10-17-11)16(22)20-5-6-21-13(4-7-23-3)9-19-15(21)12(20)2/h8-10,12H,4-7H2,1-3H3/t12-/m0/s1. The lowest BCUT2D eigenvalue weighted by Gasteiger charge is -2.34. The molecule has 1 amide bonds. The maximum atomic E-state index is 12.7. The van der Waals surface area contributed by atoms with Crippen LogP contribution in [0.1, 0.15) is 40.7 Å². The van der Waals surface area contributed by atoms with E-state index >= 15 is 0 Å². The molecule has 0 bridgehead atoms. The number of aromatic nitrogens is 4. The molecule has 2 aromatic rings. The Morgan fingerprint density at radius 1 is 1.26 bits per heavy atom. The summed E-state index contributed by atoms with van der Waals surface area (Å²) in [5, 5.41) is 0. The van der Waals surface area contributed by atoms with Crippen LogP contribution in [0, 0.1) is 6.92 Å². The molecule has 0 N–H and O–H groups in total. The second kappa shape index (κ2) is 6.45. The van der Waals surface area contributed by atoms with E-state index < -0.39 is 0 Å². The molecule has 2 aromatic heterocycles. The van der Waals surface area contributed by atoms with Gasteiger partial charge in [-0.3, -0.25) is 9.78 Å². The molecule has 0 spiro atoms. The third kappa shape index (κ3) is 2.96. The maximum absolute atomic E-state index is 12.7. The lowest BCUT2D eigenvalue weighted by atomic mass is 10.2. The van der Waals surface area contributed by atoms with E-state index in [0.717, 1.165) is 30.2 Å². The number of aryl methyl sites for hydroxylation is 1. The number of methoxy groups -OCH3 is 1. The van der Waals surface area contributed by atoms with Gasteiger partial charge in [0.25, 0.3) is 5.91 Å². The van der Waals surface area contributed by atoms with Crippen molar-refractivity contribution in [1.29, 1.82) is 0 Å². The number of hydrogen-bond acceptors (Lipinski definition) is 5. The van der Waals surface area contributed by atoms with E-state index in [0.29, 0.717) is 18.8 Å². The zero-order valence-electron chi connectivity index (χ0n) is 13.7. The van der Waals surface area contributed by atoms with Gasteiger partial charge in [-0.2, -0.15) is 0 Å². The Balaban J connectivity index is 1.80. The number of hydrogen-bond donors (Lipinski definition) is 0. The number of carbonyl (C=O) groups excluding carboxylic acids is 1. The molecule has 3 heterocycles. The molecule has 0 fully saturated rings. The second-order valence-electron chi connectivity index (χ2n) is 5.72. The van der Waals surface area contributed by atoms with Gasteiger partial charge in [0.2, 0.25) is 0 Å². The highest BCUT2D eigenvalue weighted by Gasteiger charge is 2.31. The van der Waals surface area contributed by atoms with Crippen molar-refractivity contribution >= 4 is 5.91 Å². The van der Waals surface area contributed by atoms with Gasteiger partial charge < -0.3 is 14.2 Å². The number of nitrogens with zero attached hydrogens (tertiary/aromatic N) is 5. The van der Waals surface area contributed by atoms with Crippen molar-refractivity contribution in [2.75, 3.05) is 20.3 Å². The maximum Gasteiger partial charge on any atom is 0.274 e. The lowest BCUT2D eigenvalue weighted by Crippen LogP contribution is -2.42. The Hall–Kier alpha value is -2.28. The fraction of sp³-hybridized carbons (Fsp3) is 0.500. The van der Waals surface area contributed by atoms with E-state index in [1.807, 2.05) is 24.9 Å². The van der Waals surface area contributed by atoms with Gasteiger partial charge in [-0.15, -0.1) is 0 Å². The van der Waals surface area contributed by atoms with Gasteiger partial charge in [0.05, 0.1) is 24.5 Å². The van der Waals surface area contributed by atoms with Crippen LogP contribution < -0.4 is 0 Å². The Labute approximate surface area is 135 Å². The van der Waals surface area contributed by atoms with Crippen LogP contribution in [0.4, 0.5) is 0 Å². The molecular weight excluding hydrogens is 294 g/mol. The average Bonchev–Trinajstić information content (AvgIpc) is 2.97. The van der Waals surface area contributed by atoms with E-state index in [2.05, 4.69) is 19.5 Å². The molecule has 1 aliphatic rings. The summed E-state index contributed by atoms with van der Waals surface area (Å²) in [5.74, 6) is 0.813. The Morgan fingerprint density at radius 3 is 2.78 bits per heavy atom. The van der Waals surface area contributed by atoms with Gasteiger partial charge in [-0.1, -0.05) is 0 Å². The van der Waals surface area contributed by atoms with Crippen molar-refractivity contribution in [1.82, 2.24) is 24.4 Å². The first kappa shape index (κ1) is 15.6. The van der Waals surface area contributed by atoms with Crippen molar-refractivity contribution in [3.05, 3.63) is 41.5 Å². The summed E-state index contributed by atoms with van der Waals surface area (Å²) in [6.45, 7) is 5.89. The van der Waals surface area contributed by atoms with Crippen LogP contribution >= 0.6 is 0 Å². The van der Waals surface area contributed by atoms with Crippen LogP contribution in [0.2, 0.25) is 0 Å². The molecule has 7 heteroatoms. The SMILES string of the molecule is COCCc1cnc2n1CCN(C(=O)c1cnc(C)cn1)[C@H]2C. The van der Waals surface area contributed by atoms with Gasteiger partial charge >= 0.3 is 0 Å². The topological polar surface area (TPSA) is 73.1 Å². The first-order valence-electron chi connectivity index (χ1n) is 7.74. The quantitative estimate of drug-likeness (QED) is 0.852. The second-order valence-corrected chi connectivity index (χ2v) is 5.72. The zero-order chi connectivity index (χ0) is 16.4. The van der Waals surface area contributed by atoms with Crippen molar-refractivity contribution in [3.8, 4) is 0 Å². The molecule has 0 aromatic carbocycles. The number of carbonyl (C=O) groups is 1. The van der Waals surface area contributed by atoms with Crippen LogP contribution in [0.15, 0.2) is 18.6 Å². The number of ether oxygens (including phenoxy) is 1. The van der Waals surface area contributed by atoms with E-state index in [-0.39, 0.29) is 11.9 Å². The number of rotatable bonds is 4. The molecule has 23 heavy (non-hydrogen) atoms. The van der Waals surface area contributed by atoms with Gasteiger partial charge in [0, 0.05) is 44.7 Å². The van der Waals surface area contributed by atoms with Crippen LogP contribution in [0.25, 0.3) is 0 Å². The van der Waals surface area contributed by atoms with Crippen molar-refractivity contribution in [2.24, 2.45) is 0 Å². The number of amides is 1. The molecule has 0 saturated heterocycles. The van der Waals surface area contributed by atoms with E-state index in [4.69, 9.17) is 4.74 Å². The third-order valence-corrected chi connectivity index (χ3v) is 4.20. The van der Waals surface area contributed by atoms with Gasteiger partial charge in [-0.25, -0.2) is 9.97 Å². The highest BCUT2D eigenvalue weighted by molar-refractivity contribution is 5.92. The largest absolute Gasteiger partial charge is 0.384 e. The molecule has 0 radical (unpaired) electrons. The Bertz CT molecular complexity index is 695. The van der Waals surface area contributed by atoms with Crippen LogP contribution in [-0.4, -0.2) is 50.6 Å². The van der Waals surface area contributed by atoms with Crippen molar-refractivity contribution < 1.29 is 9.53 Å². The Kier molecular flexibility index (Phi) is 4.38. The minimum absolute atomic E-state index is 0.0874. The highest BCUT2D eigenvalue weighted by atomic mass is 16.5. The minimum atomic E-state index is -0.0994. The molecule has 1 atom stereocenters. The summed E-state index contributed by atoms with van der Waals surface area (Å²) in [7, 11) is 1.69. The predicted octanol–water partition coefficient (Wildman–Crippen LogP) is 1.39. The van der Waals surface area contributed by atoms with E-state index in [1.54, 1.807) is 13.3 Å². The van der Waals surface area contributed by atoms with E-state index in [1.165, 1.54) is 6.20 Å². The Morgan fingerprint density at radius 2 is 2.09 bits per heavy atom. The number of fused-ring (bicyclic) bond motifs is 1. The van der Waals surface area contributed by atoms with Gasteiger partial charge in [0.15, 0.2) is 0 Å². The zero-order valence-corrected chi connectivity index (χ0v) is 13.7. The predicted molar refractivity (Wildman–Crippen MR) is 84.0 cm³/mol. The summed E-state index contributed by atoms with van der Waals surface area (Å²) in [6.07, 6.45) is 5.86. The fourth-order valence-electron chi connectivity index (χ4n) is 2.89. The molecule has 0 saturated carbocycles. The molecule has 0 aliphatic carbocycles. The van der Waals surface area contributed by atoms with Crippen molar-refractivity contribution in [3.63, 3.8) is 0 Å². The smallest absolute Gasteiger partial charge is 0.274 e. The normalized spacial score (nSPS) is 17.2. The molecule has 122 valence electrons. The minimum Gasteiger partial charge on any atom is -0.384 e.